The van der Waals surface area contributed by atoms with Gasteiger partial charge >= 0.3 is 11.2 Å². The minimum atomic E-state index is -1.21. The smallest absolute Gasteiger partial charge is 0.335 e. The number of rotatable bonds is 3. The maximum Gasteiger partial charge on any atom is 0.335 e. The van der Waals surface area contributed by atoms with Crippen LogP contribution in [-0.4, -0.2) is 42.0 Å². The number of nitro groups is 2. The van der Waals surface area contributed by atoms with Crippen LogP contribution in [0.1, 0.15) is 13.8 Å². The topological polar surface area (TPSA) is 143 Å². The third kappa shape index (κ3) is 8.69. The van der Waals surface area contributed by atoms with Crippen LogP contribution in [0.3, 0.4) is 0 Å². The molecule has 1 atom stereocenters. The Labute approximate surface area is 177 Å². The molecule has 0 radical (unpaired) electrons. The molecule has 0 bridgehead atoms. The van der Waals surface area contributed by atoms with E-state index in [0.29, 0.717) is 6.54 Å². The zero-order chi connectivity index (χ0) is 21.1. The van der Waals surface area contributed by atoms with Gasteiger partial charge in [-0.2, -0.15) is 0 Å². The Morgan fingerprint density at radius 1 is 1.30 bits per heavy atom. The Hall–Kier alpha value is -1.70. The van der Waals surface area contributed by atoms with Gasteiger partial charge in [-0.05, 0) is 11.4 Å². The van der Waals surface area contributed by atoms with Crippen LogP contribution in [-0.2, 0) is 0 Å². The molecule has 2 N–H and O–H groups in total. The van der Waals surface area contributed by atoms with E-state index < -0.39 is 27.3 Å². The number of hydrogen-bond acceptors (Lipinski definition) is 7. The van der Waals surface area contributed by atoms with E-state index in [1.165, 1.54) is 21.7 Å². The molecule has 0 saturated heterocycles. The minimum Gasteiger partial charge on any atom is -0.364 e. The van der Waals surface area contributed by atoms with Crippen molar-refractivity contribution in [3.05, 3.63) is 70.9 Å². The fraction of sp³-hybridized carbons (Fsp3) is 0.357. The number of allylic oxidation sites excluding steroid dienone is 2. The van der Waals surface area contributed by atoms with E-state index in [4.69, 9.17) is 23.2 Å². The quantitative estimate of drug-likeness (QED) is 0.262. The van der Waals surface area contributed by atoms with Gasteiger partial charge in [-0.25, -0.2) is 0 Å². The molecule has 0 spiro atoms. The van der Waals surface area contributed by atoms with Crippen LogP contribution in [0.2, 0.25) is 5.02 Å². The average Bonchev–Trinajstić information content (AvgIpc) is 2.59. The number of hydrogen-bond donors (Lipinski definition) is 2. The first-order valence-electron chi connectivity index (χ1n) is 7.34. The lowest BCUT2D eigenvalue weighted by molar-refractivity contribution is -0.441. The largest absolute Gasteiger partial charge is 0.364 e. The number of H-pyrrole nitrogens is 1. The van der Waals surface area contributed by atoms with Crippen molar-refractivity contribution in [3.8, 4) is 0 Å². The lowest BCUT2D eigenvalue weighted by Crippen LogP contribution is -2.36. The minimum absolute atomic E-state index is 0.135. The highest BCUT2D eigenvalue weighted by atomic mass is 127. The number of aliphatic hydroxyl groups excluding tert-OH is 1. The summed E-state index contributed by atoms with van der Waals surface area (Å²) in [6, 6.07) is 1.00. The summed E-state index contributed by atoms with van der Waals surface area (Å²) in [5.74, 6) is 0. The van der Waals surface area contributed by atoms with E-state index in [9.17, 15) is 30.1 Å². The molecule has 1 aliphatic heterocycles. The molecule has 0 saturated carbocycles. The van der Waals surface area contributed by atoms with Crippen LogP contribution in [0.4, 0.5) is 5.69 Å². The molecule has 1 unspecified atom stereocenters. The number of aliphatic hydroxyl groups is 1. The number of nitrogens with zero attached hydrogens (tertiary/aromatic N) is 3. The van der Waals surface area contributed by atoms with Crippen LogP contribution in [0, 0.1) is 20.2 Å². The molecule has 0 amide bonds. The second-order valence-corrected chi connectivity index (χ2v) is 7.00. The molecule has 2 rings (SSSR count). The summed E-state index contributed by atoms with van der Waals surface area (Å²) >= 11 is 13.3. The van der Waals surface area contributed by atoms with Crippen molar-refractivity contribution in [2.45, 2.75) is 20.1 Å². The summed E-state index contributed by atoms with van der Waals surface area (Å²) in [5.41, 5.74) is -1.59. The predicted octanol–water partition coefficient (Wildman–Crippen LogP) is 3.26. The summed E-state index contributed by atoms with van der Waals surface area (Å²) < 4.78 is 1.22. The number of aromatic amines is 1. The number of nitrogens with one attached hydrogen (secondary N) is 1. The fourth-order valence-electron chi connectivity index (χ4n) is 1.65. The highest BCUT2D eigenvalue weighted by molar-refractivity contribution is 14.1. The second kappa shape index (κ2) is 12.6. The van der Waals surface area contributed by atoms with E-state index >= 15 is 0 Å². The van der Waals surface area contributed by atoms with Crippen LogP contribution in [0.25, 0.3) is 0 Å². The van der Waals surface area contributed by atoms with Gasteiger partial charge in [0, 0.05) is 31.1 Å². The van der Waals surface area contributed by atoms with E-state index in [-0.39, 0.29) is 15.8 Å². The van der Waals surface area contributed by atoms with Crippen LogP contribution in [0.5, 0.6) is 0 Å². The number of pyridine rings is 1. The van der Waals surface area contributed by atoms with E-state index in [1.54, 1.807) is 6.92 Å². The van der Waals surface area contributed by atoms with Gasteiger partial charge in [0.05, 0.1) is 19.9 Å². The Bertz CT molecular complexity index is 783. The molecule has 27 heavy (non-hydrogen) atoms. The van der Waals surface area contributed by atoms with Gasteiger partial charge in [0.15, 0.2) is 0 Å². The zero-order valence-corrected chi connectivity index (χ0v) is 17.9. The Balaban J connectivity index is 0.000000442. The maximum atomic E-state index is 10.7. The van der Waals surface area contributed by atoms with Crippen molar-refractivity contribution in [1.82, 2.24) is 9.88 Å². The number of halogens is 3. The first kappa shape index (κ1) is 25.3. The van der Waals surface area contributed by atoms with E-state index in [1.807, 2.05) is 0 Å². The van der Waals surface area contributed by atoms with Crippen molar-refractivity contribution in [2.75, 3.05) is 11.0 Å². The highest BCUT2D eigenvalue weighted by Gasteiger charge is 2.29. The molecule has 13 heteroatoms. The predicted molar refractivity (Wildman–Crippen MR) is 111 cm³/mol. The lowest BCUT2D eigenvalue weighted by Gasteiger charge is -2.25. The Kier molecular flexibility index (Phi) is 11.8. The third-order valence-electron chi connectivity index (χ3n) is 2.77. The normalized spacial score (nSPS) is 15.3. The van der Waals surface area contributed by atoms with Crippen molar-refractivity contribution in [3.63, 3.8) is 0 Å². The van der Waals surface area contributed by atoms with Crippen LogP contribution >= 0.6 is 45.8 Å². The van der Waals surface area contributed by atoms with Gasteiger partial charge in [-0.15, -0.1) is 0 Å². The molecule has 10 nitrogen and oxygen atoms in total. The van der Waals surface area contributed by atoms with Crippen LogP contribution in [0.15, 0.2) is 40.1 Å². The fourth-order valence-corrected chi connectivity index (χ4v) is 2.04. The van der Waals surface area contributed by atoms with Crippen molar-refractivity contribution >= 4 is 51.5 Å². The van der Waals surface area contributed by atoms with Crippen LogP contribution < -0.4 is 5.56 Å². The van der Waals surface area contributed by atoms with Crippen molar-refractivity contribution < 1.29 is 15.0 Å². The second-order valence-electron chi connectivity index (χ2n) is 4.60. The molecule has 0 aromatic carbocycles. The number of likely N-dealkylation sites (N-methyl/N-ethyl adjacent to an activating group) is 1. The lowest BCUT2D eigenvalue weighted by atomic mass is 10.2. The molecular weight excluding hydrogens is 518 g/mol. The SMILES string of the molecule is CCI.CCN1C=C(Cl)C=C([N+](=O)[O-])C1O.O=c1[nH]cc(Cl)cc1[N+](=O)[O-]. The van der Waals surface area contributed by atoms with Gasteiger partial charge < -0.3 is 15.0 Å². The summed E-state index contributed by atoms with van der Waals surface area (Å²) in [5, 5.41) is 30.4. The van der Waals surface area contributed by atoms with Crippen molar-refractivity contribution in [2.24, 2.45) is 0 Å². The average molecular weight is 535 g/mol. The molecule has 1 aromatic heterocycles. The summed E-state index contributed by atoms with van der Waals surface area (Å²) in [7, 11) is 0. The molecule has 1 aromatic rings. The van der Waals surface area contributed by atoms with E-state index in [2.05, 4.69) is 34.5 Å². The summed E-state index contributed by atoms with van der Waals surface area (Å²) in [6.07, 6.45) is 2.61. The maximum absolute atomic E-state index is 10.7. The third-order valence-corrected chi connectivity index (χ3v) is 3.20. The van der Waals surface area contributed by atoms with Gasteiger partial charge in [-0.1, -0.05) is 52.7 Å². The standard InChI is InChI=1S/C7H9ClN2O3.C5H3ClN2O3.C2H5I/c1-2-9-4-5(8)3-6(7(9)11)10(12)13;6-3-1-4(8(10)11)5(9)7-2-3;1-2-3/h3-4,7,11H,2H2,1H3;1-2H,(H,7,9);2H2,1H3. The molecule has 2 heterocycles. The van der Waals surface area contributed by atoms with Gasteiger partial charge in [0.25, 0.3) is 5.70 Å². The molecule has 0 fully saturated rings. The Morgan fingerprint density at radius 2 is 1.85 bits per heavy atom. The van der Waals surface area contributed by atoms with Gasteiger partial charge in [0.1, 0.15) is 0 Å². The molecule has 1 aliphatic rings. The zero-order valence-electron chi connectivity index (χ0n) is 14.3. The molecule has 0 aliphatic carbocycles. The van der Waals surface area contributed by atoms with Gasteiger partial charge in [0.2, 0.25) is 6.23 Å². The monoisotopic (exact) mass is 534 g/mol. The molecule has 150 valence electrons. The van der Waals surface area contributed by atoms with E-state index in [0.717, 1.165) is 12.1 Å². The first-order chi connectivity index (χ1) is 12.6. The summed E-state index contributed by atoms with van der Waals surface area (Å²) in [4.78, 5) is 33.3. The van der Waals surface area contributed by atoms with Gasteiger partial charge in [-0.3, -0.25) is 25.0 Å². The number of aromatic nitrogens is 1. The summed E-state index contributed by atoms with van der Waals surface area (Å²) in [6.45, 7) is 4.34. The number of alkyl halides is 1. The molecular formula is C14H17Cl2IN4O6. The Morgan fingerprint density at radius 3 is 2.26 bits per heavy atom. The first-order valence-corrected chi connectivity index (χ1v) is 9.62. The van der Waals surface area contributed by atoms with Crippen molar-refractivity contribution in [1.29, 1.82) is 0 Å². The highest BCUT2D eigenvalue weighted by Crippen LogP contribution is 2.21.